The lowest BCUT2D eigenvalue weighted by molar-refractivity contribution is -0.0170. The van der Waals surface area contributed by atoms with Gasteiger partial charge < -0.3 is 4.74 Å². The third kappa shape index (κ3) is 3.18. The molecule has 19 heavy (non-hydrogen) atoms. The van der Waals surface area contributed by atoms with E-state index < -0.39 is 10.0 Å². The molecule has 0 saturated carbocycles. The quantitative estimate of drug-likeness (QED) is 0.788. The molecular formula is C13H18BrNO3S. The second-order valence-corrected chi connectivity index (χ2v) is 7.30. The van der Waals surface area contributed by atoms with Crippen LogP contribution in [-0.4, -0.2) is 38.0 Å². The maximum atomic E-state index is 12.6. The lowest BCUT2D eigenvalue weighted by atomic mass is 10.2. The number of benzene rings is 1. The van der Waals surface area contributed by atoms with Crippen LogP contribution in [0.5, 0.6) is 0 Å². The average Bonchev–Trinajstić information content (AvgIpc) is 2.41. The highest BCUT2D eigenvalue weighted by Crippen LogP contribution is 2.23. The molecule has 0 N–H and O–H groups in total. The molecule has 1 fully saturated rings. The first-order valence-electron chi connectivity index (χ1n) is 6.23. The molecule has 6 heteroatoms. The predicted molar refractivity (Wildman–Crippen MR) is 77.8 cm³/mol. The standard InChI is InChI=1S/C13H18BrNO3S/c1-10-9-18-11(2)8-15(10)19(16,17)13-5-3-12(7-14)4-6-13/h3-6,10-11H,7-9H2,1-2H3. The smallest absolute Gasteiger partial charge is 0.243 e. The molecule has 1 heterocycles. The number of morpholine rings is 1. The van der Waals surface area contributed by atoms with Crippen molar-refractivity contribution in [2.75, 3.05) is 13.2 Å². The Morgan fingerprint density at radius 1 is 1.32 bits per heavy atom. The van der Waals surface area contributed by atoms with Gasteiger partial charge >= 0.3 is 0 Å². The van der Waals surface area contributed by atoms with Crippen molar-refractivity contribution in [2.45, 2.75) is 36.2 Å². The third-order valence-corrected chi connectivity index (χ3v) is 5.88. The number of rotatable bonds is 3. The number of sulfonamides is 1. The summed E-state index contributed by atoms with van der Waals surface area (Å²) < 4.78 is 32.2. The van der Waals surface area contributed by atoms with Gasteiger partial charge in [-0.05, 0) is 31.5 Å². The lowest BCUT2D eigenvalue weighted by Gasteiger charge is -2.35. The molecule has 2 unspecified atom stereocenters. The molecule has 0 spiro atoms. The lowest BCUT2D eigenvalue weighted by Crippen LogP contribution is -2.50. The van der Waals surface area contributed by atoms with E-state index in [-0.39, 0.29) is 12.1 Å². The third-order valence-electron chi connectivity index (χ3n) is 3.23. The summed E-state index contributed by atoms with van der Waals surface area (Å²) in [4.78, 5) is 0.346. The van der Waals surface area contributed by atoms with Crippen LogP contribution in [0.2, 0.25) is 0 Å². The van der Waals surface area contributed by atoms with Crippen molar-refractivity contribution >= 4 is 26.0 Å². The summed E-state index contributed by atoms with van der Waals surface area (Å²) in [5.41, 5.74) is 1.06. The minimum Gasteiger partial charge on any atom is -0.375 e. The second kappa shape index (κ2) is 5.91. The van der Waals surface area contributed by atoms with E-state index >= 15 is 0 Å². The zero-order valence-corrected chi connectivity index (χ0v) is 13.4. The van der Waals surface area contributed by atoms with E-state index in [1.54, 1.807) is 12.1 Å². The molecule has 1 aliphatic heterocycles. The first-order valence-corrected chi connectivity index (χ1v) is 8.79. The Kier molecular flexibility index (Phi) is 4.66. The Bertz CT molecular complexity index is 529. The van der Waals surface area contributed by atoms with Crippen LogP contribution in [0, 0.1) is 0 Å². The summed E-state index contributed by atoms with van der Waals surface area (Å²) in [6.45, 7) is 4.61. The SMILES string of the molecule is CC1CN(S(=O)(=O)c2ccc(CBr)cc2)C(C)CO1. The average molecular weight is 348 g/mol. The first kappa shape index (κ1) is 15.0. The highest BCUT2D eigenvalue weighted by atomic mass is 79.9. The van der Waals surface area contributed by atoms with E-state index in [0.29, 0.717) is 18.0 Å². The van der Waals surface area contributed by atoms with Crippen molar-refractivity contribution < 1.29 is 13.2 Å². The fraction of sp³-hybridized carbons (Fsp3) is 0.538. The van der Waals surface area contributed by atoms with E-state index in [2.05, 4.69) is 15.9 Å². The molecule has 0 amide bonds. The molecule has 1 aliphatic rings. The summed E-state index contributed by atoms with van der Waals surface area (Å²) in [6, 6.07) is 6.86. The number of hydrogen-bond donors (Lipinski definition) is 0. The summed E-state index contributed by atoms with van der Waals surface area (Å²) >= 11 is 3.35. The van der Waals surface area contributed by atoms with Crippen LogP contribution in [0.25, 0.3) is 0 Å². The van der Waals surface area contributed by atoms with E-state index in [9.17, 15) is 8.42 Å². The van der Waals surface area contributed by atoms with Gasteiger partial charge in [0, 0.05) is 17.9 Å². The molecule has 106 valence electrons. The Morgan fingerprint density at radius 3 is 2.53 bits per heavy atom. The number of nitrogens with zero attached hydrogens (tertiary/aromatic N) is 1. The topological polar surface area (TPSA) is 46.6 Å². The van der Waals surface area contributed by atoms with E-state index in [1.165, 1.54) is 4.31 Å². The van der Waals surface area contributed by atoms with Gasteiger partial charge in [-0.25, -0.2) is 8.42 Å². The summed E-state index contributed by atoms with van der Waals surface area (Å²) in [5.74, 6) is 0. The minimum atomic E-state index is -3.43. The van der Waals surface area contributed by atoms with Crippen molar-refractivity contribution in [3.63, 3.8) is 0 Å². The van der Waals surface area contributed by atoms with Crippen molar-refractivity contribution in [3.8, 4) is 0 Å². The zero-order chi connectivity index (χ0) is 14.0. The second-order valence-electron chi connectivity index (χ2n) is 4.85. The Balaban J connectivity index is 2.29. The molecule has 0 aromatic heterocycles. The largest absolute Gasteiger partial charge is 0.375 e. The van der Waals surface area contributed by atoms with Crippen molar-refractivity contribution in [2.24, 2.45) is 0 Å². The fourth-order valence-corrected chi connectivity index (χ4v) is 4.16. The van der Waals surface area contributed by atoms with E-state index in [1.807, 2.05) is 26.0 Å². The summed E-state index contributed by atoms with van der Waals surface area (Å²) in [7, 11) is -3.43. The summed E-state index contributed by atoms with van der Waals surface area (Å²) in [5, 5.41) is 0.721. The molecular weight excluding hydrogens is 330 g/mol. The first-order chi connectivity index (χ1) is 8.95. The molecule has 2 atom stereocenters. The molecule has 4 nitrogen and oxygen atoms in total. The van der Waals surface area contributed by atoms with Crippen LogP contribution in [0.4, 0.5) is 0 Å². The Labute approximate surface area is 122 Å². The van der Waals surface area contributed by atoms with E-state index in [0.717, 1.165) is 10.9 Å². The Hall–Kier alpha value is -0.430. The van der Waals surface area contributed by atoms with Gasteiger partial charge in [-0.15, -0.1) is 0 Å². The van der Waals surface area contributed by atoms with Crippen LogP contribution < -0.4 is 0 Å². The normalized spacial score (nSPS) is 25.4. The van der Waals surface area contributed by atoms with Gasteiger partial charge in [-0.1, -0.05) is 28.1 Å². The molecule has 0 aliphatic carbocycles. The maximum absolute atomic E-state index is 12.6. The highest BCUT2D eigenvalue weighted by Gasteiger charge is 2.33. The van der Waals surface area contributed by atoms with Gasteiger partial charge in [0.05, 0.1) is 17.6 Å². The van der Waals surface area contributed by atoms with E-state index in [4.69, 9.17) is 4.74 Å². The van der Waals surface area contributed by atoms with Gasteiger partial charge in [-0.3, -0.25) is 0 Å². The predicted octanol–water partition coefficient (Wildman–Crippen LogP) is 2.38. The van der Waals surface area contributed by atoms with Crippen molar-refractivity contribution in [1.29, 1.82) is 0 Å². The monoisotopic (exact) mass is 347 g/mol. The molecule has 1 aromatic carbocycles. The molecule has 1 saturated heterocycles. The van der Waals surface area contributed by atoms with Gasteiger partial charge in [0.2, 0.25) is 10.0 Å². The van der Waals surface area contributed by atoms with Crippen LogP contribution in [0.1, 0.15) is 19.4 Å². The van der Waals surface area contributed by atoms with Crippen LogP contribution >= 0.6 is 15.9 Å². The molecule has 0 bridgehead atoms. The number of hydrogen-bond acceptors (Lipinski definition) is 3. The van der Waals surface area contributed by atoms with Crippen molar-refractivity contribution in [3.05, 3.63) is 29.8 Å². The van der Waals surface area contributed by atoms with Gasteiger partial charge in [0.25, 0.3) is 0 Å². The molecule has 1 aromatic rings. The van der Waals surface area contributed by atoms with Gasteiger partial charge in [0.1, 0.15) is 0 Å². The van der Waals surface area contributed by atoms with Gasteiger partial charge in [0.15, 0.2) is 0 Å². The van der Waals surface area contributed by atoms with Crippen molar-refractivity contribution in [1.82, 2.24) is 4.31 Å². The highest BCUT2D eigenvalue weighted by molar-refractivity contribution is 9.08. The summed E-state index contributed by atoms with van der Waals surface area (Å²) in [6.07, 6.45) is -0.0622. The fourth-order valence-electron chi connectivity index (χ4n) is 2.09. The number of ether oxygens (including phenoxy) is 1. The number of alkyl halides is 1. The van der Waals surface area contributed by atoms with Crippen LogP contribution in [-0.2, 0) is 20.1 Å². The maximum Gasteiger partial charge on any atom is 0.243 e. The van der Waals surface area contributed by atoms with Gasteiger partial charge in [-0.2, -0.15) is 4.31 Å². The number of halogens is 1. The van der Waals surface area contributed by atoms with Crippen LogP contribution in [0.3, 0.4) is 0 Å². The zero-order valence-electron chi connectivity index (χ0n) is 11.0. The Morgan fingerprint density at radius 2 is 1.95 bits per heavy atom. The van der Waals surface area contributed by atoms with Crippen LogP contribution in [0.15, 0.2) is 29.2 Å². The molecule has 0 radical (unpaired) electrons. The minimum absolute atomic E-state index is 0.0622. The molecule has 2 rings (SSSR count).